The lowest BCUT2D eigenvalue weighted by molar-refractivity contribution is 0.141. The topological polar surface area (TPSA) is 76.2 Å². The molecule has 0 radical (unpaired) electrons. The predicted molar refractivity (Wildman–Crippen MR) is 102 cm³/mol. The van der Waals surface area contributed by atoms with E-state index >= 15 is 0 Å². The molecule has 4 aromatic rings. The number of aromatic amines is 1. The summed E-state index contributed by atoms with van der Waals surface area (Å²) in [6.45, 7) is 2.23. The molecule has 1 amide bonds. The van der Waals surface area contributed by atoms with Crippen LogP contribution in [0.5, 0.6) is 5.75 Å². The van der Waals surface area contributed by atoms with E-state index in [0.717, 1.165) is 49.6 Å². The van der Waals surface area contributed by atoms with Crippen LogP contribution in [0.4, 0.5) is 4.79 Å². The summed E-state index contributed by atoms with van der Waals surface area (Å²) in [7, 11) is 3.20. The molecule has 2 N–H and O–H groups in total. The van der Waals surface area contributed by atoms with Crippen LogP contribution in [0, 0.1) is 6.92 Å². The van der Waals surface area contributed by atoms with Crippen molar-refractivity contribution in [2.45, 2.75) is 13.5 Å². The van der Waals surface area contributed by atoms with E-state index in [4.69, 9.17) is 14.5 Å². The van der Waals surface area contributed by atoms with E-state index in [1.54, 1.807) is 7.11 Å². The van der Waals surface area contributed by atoms with Crippen LogP contribution >= 0.6 is 0 Å². The van der Waals surface area contributed by atoms with E-state index in [-0.39, 0.29) is 6.61 Å². The second kappa shape index (κ2) is 6.22. The Balaban J connectivity index is 1.97. The lowest BCUT2D eigenvalue weighted by Gasteiger charge is -2.10. The molecule has 2 aromatic carbocycles. The Hall–Kier alpha value is -3.28. The molecule has 0 spiro atoms. The summed E-state index contributed by atoms with van der Waals surface area (Å²) in [5.41, 5.74) is 3.85. The number of fused-ring (bicyclic) bond motifs is 4. The third-order valence-corrected chi connectivity index (χ3v) is 4.70. The lowest BCUT2D eigenvalue weighted by Crippen LogP contribution is -2.19. The largest absolute Gasteiger partial charge is 0.497 e. The van der Waals surface area contributed by atoms with E-state index < -0.39 is 6.09 Å². The van der Waals surface area contributed by atoms with Crippen molar-refractivity contribution in [1.82, 2.24) is 15.3 Å². The van der Waals surface area contributed by atoms with Gasteiger partial charge in [-0.15, -0.1) is 0 Å². The molecule has 0 bridgehead atoms. The average molecular weight is 349 g/mol. The van der Waals surface area contributed by atoms with Crippen LogP contribution in [0.1, 0.15) is 11.3 Å². The highest BCUT2D eigenvalue weighted by atomic mass is 16.5. The summed E-state index contributed by atoms with van der Waals surface area (Å²) in [6.07, 6.45) is 1.40. The molecule has 0 unspecified atom stereocenters. The third kappa shape index (κ3) is 2.50. The molecule has 0 fully saturated rings. The van der Waals surface area contributed by atoms with E-state index in [1.165, 1.54) is 7.05 Å². The van der Waals surface area contributed by atoms with Gasteiger partial charge in [-0.2, -0.15) is 0 Å². The quantitative estimate of drug-likeness (QED) is 0.585. The number of carbonyl (C=O) groups is 1. The first-order valence-corrected chi connectivity index (χ1v) is 8.34. The number of carbonyl (C=O) groups excluding carboxylic acids is 1. The fourth-order valence-electron chi connectivity index (χ4n) is 3.34. The van der Waals surface area contributed by atoms with Gasteiger partial charge in [0, 0.05) is 29.4 Å². The first-order valence-electron chi connectivity index (χ1n) is 8.34. The van der Waals surface area contributed by atoms with Gasteiger partial charge in [-0.3, -0.25) is 0 Å². The Labute approximate surface area is 150 Å². The van der Waals surface area contributed by atoms with Crippen molar-refractivity contribution in [3.05, 3.63) is 47.8 Å². The minimum absolute atomic E-state index is 0.164. The van der Waals surface area contributed by atoms with Crippen molar-refractivity contribution in [1.29, 1.82) is 0 Å². The van der Waals surface area contributed by atoms with Gasteiger partial charge >= 0.3 is 6.09 Å². The van der Waals surface area contributed by atoms with Crippen molar-refractivity contribution in [3.63, 3.8) is 0 Å². The zero-order valence-electron chi connectivity index (χ0n) is 14.8. The third-order valence-electron chi connectivity index (χ3n) is 4.70. The number of alkyl carbamates (subject to hydrolysis) is 1. The van der Waals surface area contributed by atoms with Gasteiger partial charge in [0.25, 0.3) is 0 Å². The number of nitrogens with zero attached hydrogens (tertiary/aromatic N) is 1. The normalized spacial score (nSPS) is 11.2. The monoisotopic (exact) mass is 349 g/mol. The number of nitrogens with one attached hydrogen (secondary N) is 2. The number of H-pyrrole nitrogens is 1. The van der Waals surface area contributed by atoms with Crippen molar-refractivity contribution >= 4 is 38.7 Å². The van der Waals surface area contributed by atoms with Crippen molar-refractivity contribution in [2.75, 3.05) is 14.2 Å². The highest BCUT2D eigenvalue weighted by molar-refractivity contribution is 6.14. The second-order valence-corrected chi connectivity index (χ2v) is 6.14. The van der Waals surface area contributed by atoms with Crippen LogP contribution in [0.25, 0.3) is 32.6 Å². The number of aryl methyl sites for hydroxylation is 1. The molecule has 6 nitrogen and oxygen atoms in total. The second-order valence-electron chi connectivity index (χ2n) is 6.14. The Bertz CT molecular complexity index is 1150. The highest BCUT2D eigenvalue weighted by Crippen LogP contribution is 2.35. The van der Waals surface area contributed by atoms with Gasteiger partial charge in [0.1, 0.15) is 12.4 Å². The van der Waals surface area contributed by atoms with Gasteiger partial charge in [-0.05, 0) is 48.2 Å². The van der Waals surface area contributed by atoms with E-state index in [1.807, 2.05) is 30.5 Å². The number of pyridine rings is 1. The van der Waals surface area contributed by atoms with E-state index in [0.29, 0.717) is 0 Å². The summed E-state index contributed by atoms with van der Waals surface area (Å²) in [4.78, 5) is 19.4. The minimum Gasteiger partial charge on any atom is -0.497 e. The molecule has 0 atom stereocenters. The number of hydrogen-bond acceptors (Lipinski definition) is 4. The van der Waals surface area contributed by atoms with Crippen molar-refractivity contribution in [2.24, 2.45) is 0 Å². The number of amides is 1. The molecule has 4 rings (SSSR count). The summed E-state index contributed by atoms with van der Waals surface area (Å²) >= 11 is 0. The Morgan fingerprint density at radius 1 is 1.15 bits per heavy atom. The molecule has 26 heavy (non-hydrogen) atoms. The fourth-order valence-corrected chi connectivity index (χ4v) is 3.34. The van der Waals surface area contributed by atoms with Crippen LogP contribution in [-0.2, 0) is 11.3 Å². The minimum atomic E-state index is -0.460. The molecular formula is C20H19N3O3. The number of ether oxygens (including phenoxy) is 2. The first-order chi connectivity index (χ1) is 12.6. The van der Waals surface area contributed by atoms with E-state index in [9.17, 15) is 4.79 Å². The molecule has 0 saturated heterocycles. The van der Waals surface area contributed by atoms with Crippen LogP contribution in [0.3, 0.4) is 0 Å². The van der Waals surface area contributed by atoms with Gasteiger partial charge in [0.05, 0.1) is 23.8 Å². The molecule has 132 valence electrons. The number of benzene rings is 2. The summed E-state index contributed by atoms with van der Waals surface area (Å²) in [5.74, 6) is 0.798. The molecule has 2 aromatic heterocycles. The SMILES string of the molecule is CNC(=O)OCc1[nH]ccc2c(C)c3nc4ccc(OC)cc4c3cc12. The first kappa shape index (κ1) is 16.2. The molecule has 0 aliphatic heterocycles. The van der Waals surface area contributed by atoms with Gasteiger partial charge in [0.15, 0.2) is 0 Å². The van der Waals surface area contributed by atoms with Crippen LogP contribution in [0.15, 0.2) is 36.5 Å². The maximum Gasteiger partial charge on any atom is 0.407 e. The molecule has 0 aliphatic carbocycles. The molecule has 0 saturated carbocycles. The maximum atomic E-state index is 11.4. The smallest absolute Gasteiger partial charge is 0.407 e. The number of methoxy groups -OCH3 is 1. The molecular weight excluding hydrogens is 330 g/mol. The predicted octanol–water partition coefficient (Wildman–Crippen LogP) is 4.04. The van der Waals surface area contributed by atoms with Gasteiger partial charge in [-0.1, -0.05) is 0 Å². The Kier molecular flexibility index (Phi) is 3.88. The van der Waals surface area contributed by atoms with Crippen LogP contribution < -0.4 is 10.1 Å². The van der Waals surface area contributed by atoms with Gasteiger partial charge in [0.2, 0.25) is 0 Å². The van der Waals surface area contributed by atoms with E-state index in [2.05, 4.69) is 23.3 Å². The van der Waals surface area contributed by atoms with Crippen molar-refractivity contribution < 1.29 is 14.3 Å². The van der Waals surface area contributed by atoms with Crippen LogP contribution in [-0.4, -0.2) is 30.2 Å². The summed E-state index contributed by atoms with van der Waals surface area (Å²) in [5, 5.41) is 6.66. The molecule has 0 aliphatic rings. The lowest BCUT2D eigenvalue weighted by atomic mass is 10.0. The highest BCUT2D eigenvalue weighted by Gasteiger charge is 2.14. The Morgan fingerprint density at radius 2 is 2.00 bits per heavy atom. The fraction of sp³-hybridized carbons (Fsp3) is 0.200. The summed E-state index contributed by atoms with van der Waals surface area (Å²) < 4.78 is 10.6. The standard InChI is InChI=1S/C20H19N3O3/c1-11-13-6-7-22-18(10-26-20(24)21-2)15(13)9-16-14-8-12(25-3)4-5-17(14)23-19(11)16/h4-9,22H,10H2,1-3H3,(H,21,24). The average Bonchev–Trinajstić information content (AvgIpc) is 3.04. The number of hydrogen-bond donors (Lipinski definition) is 2. The number of rotatable bonds is 3. The maximum absolute atomic E-state index is 11.4. The molecule has 6 heteroatoms. The van der Waals surface area contributed by atoms with Crippen LogP contribution in [0.2, 0.25) is 0 Å². The summed E-state index contributed by atoms with van der Waals surface area (Å²) in [6, 6.07) is 10.0. The molecule has 2 heterocycles. The number of aromatic nitrogens is 2. The van der Waals surface area contributed by atoms with Gasteiger partial charge < -0.3 is 19.8 Å². The van der Waals surface area contributed by atoms with Crippen molar-refractivity contribution in [3.8, 4) is 5.75 Å². The van der Waals surface area contributed by atoms with Gasteiger partial charge in [-0.25, -0.2) is 9.78 Å². The zero-order valence-corrected chi connectivity index (χ0v) is 14.8. The Morgan fingerprint density at radius 3 is 2.77 bits per heavy atom. The zero-order chi connectivity index (χ0) is 18.3.